The Morgan fingerprint density at radius 2 is 0.980 bits per heavy atom. The summed E-state index contributed by atoms with van der Waals surface area (Å²) in [5.74, 6) is 0. The fraction of sp³-hybridized carbons (Fsp3) is 0. The van der Waals surface area contributed by atoms with Crippen LogP contribution in [0.2, 0.25) is 0 Å². The zero-order valence-electron chi connectivity index (χ0n) is 27.0. The van der Waals surface area contributed by atoms with Gasteiger partial charge in [0.2, 0.25) is 0 Å². The second-order valence-electron chi connectivity index (χ2n) is 12.3. The van der Waals surface area contributed by atoms with Crippen LogP contribution in [0.15, 0.2) is 170 Å². The van der Waals surface area contributed by atoms with E-state index in [2.05, 4.69) is 120 Å². The maximum Gasteiger partial charge on any atom is 0.181 e. The Hall–Kier alpha value is -6.97. The molecule has 0 N–H and O–H groups in total. The van der Waals surface area contributed by atoms with Crippen molar-refractivity contribution < 1.29 is 0 Å². The summed E-state index contributed by atoms with van der Waals surface area (Å²) >= 11 is 0. The van der Waals surface area contributed by atoms with Crippen molar-refractivity contribution in [2.45, 2.75) is 0 Å². The van der Waals surface area contributed by atoms with Crippen LogP contribution in [0, 0.1) is 34.0 Å². The van der Waals surface area contributed by atoms with Crippen molar-refractivity contribution in [3.8, 4) is 35.0 Å². The van der Waals surface area contributed by atoms with Crippen molar-refractivity contribution >= 4 is 50.6 Å². The Morgan fingerprint density at radius 3 is 1.54 bits per heavy atom. The van der Waals surface area contributed by atoms with Crippen LogP contribution >= 0.6 is 0 Å². The van der Waals surface area contributed by atoms with Crippen LogP contribution in [-0.2, 0) is 0 Å². The zero-order chi connectivity index (χ0) is 34.1. The first-order chi connectivity index (χ1) is 24.7. The van der Waals surface area contributed by atoms with E-state index in [0.29, 0.717) is 16.7 Å². The van der Waals surface area contributed by atoms with Gasteiger partial charge in [-0.25, -0.2) is 0 Å². The Kier molecular flexibility index (Phi) is 7.63. The van der Waals surface area contributed by atoms with Gasteiger partial charge in [0.1, 0.15) is 0 Å². The lowest BCUT2D eigenvalue weighted by molar-refractivity contribution is 1.18. The van der Waals surface area contributed by atoms with Crippen molar-refractivity contribution in [2.75, 3.05) is 0 Å². The first kappa shape index (κ1) is 30.4. The lowest BCUT2D eigenvalue weighted by Gasteiger charge is -2.35. The third kappa shape index (κ3) is 4.80. The predicted molar refractivity (Wildman–Crippen MR) is 204 cm³/mol. The predicted octanol–water partition coefficient (Wildman–Crippen LogP) is 7.44. The molecule has 0 unspecified atom stereocenters. The minimum atomic E-state index is -3.10. The molecule has 0 amide bonds. The molecule has 8 aromatic rings. The molecule has 0 fully saturated rings. The van der Waals surface area contributed by atoms with Crippen molar-refractivity contribution in [3.63, 3.8) is 0 Å². The summed E-state index contributed by atoms with van der Waals surface area (Å²) in [7, 11) is -3.10. The number of nitriles is 3. The molecule has 1 aromatic heterocycles. The van der Waals surface area contributed by atoms with Crippen LogP contribution < -0.4 is 20.7 Å². The third-order valence-corrected chi connectivity index (χ3v) is 14.4. The second kappa shape index (κ2) is 12.6. The van der Waals surface area contributed by atoms with Gasteiger partial charge >= 0.3 is 0 Å². The number of benzene rings is 7. The molecule has 0 radical (unpaired) electrons. The monoisotopic (exact) mass is 652 g/mol. The normalized spacial score (nSPS) is 11.1. The second-order valence-corrected chi connectivity index (χ2v) is 16.0. The topological polar surface area (TPSA) is 76.3 Å². The van der Waals surface area contributed by atoms with E-state index >= 15 is 0 Å². The minimum absolute atomic E-state index is 0.508. The molecule has 0 atom stereocenters. The van der Waals surface area contributed by atoms with E-state index in [-0.39, 0.29) is 0 Å². The molecule has 0 bridgehead atoms. The highest BCUT2D eigenvalue weighted by Gasteiger charge is 2.43. The number of hydrogen-bond acceptors (Lipinski definition) is 3. The van der Waals surface area contributed by atoms with E-state index in [4.69, 9.17) is 0 Å². The number of nitrogens with zero attached hydrogens (tertiary/aromatic N) is 4. The summed E-state index contributed by atoms with van der Waals surface area (Å²) < 4.78 is 2.20. The van der Waals surface area contributed by atoms with E-state index in [0.717, 1.165) is 59.4 Å². The lowest BCUT2D eigenvalue weighted by Crippen LogP contribution is -2.75. The average Bonchev–Trinajstić information content (AvgIpc) is 3.53. The fourth-order valence-electron chi connectivity index (χ4n) is 7.49. The van der Waals surface area contributed by atoms with Gasteiger partial charge in [-0.15, -0.1) is 0 Å². The molecule has 232 valence electrons. The average molecular weight is 653 g/mol. The Labute approximate surface area is 291 Å². The van der Waals surface area contributed by atoms with Gasteiger partial charge in [-0.1, -0.05) is 121 Å². The van der Waals surface area contributed by atoms with Crippen LogP contribution in [0.5, 0.6) is 0 Å². The van der Waals surface area contributed by atoms with E-state index in [1.54, 1.807) is 0 Å². The maximum atomic E-state index is 11.1. The third-order valence-electron chi connectivity index (χ3n) is 9.64. The Balaban J connectivity index is 1.38. The van der Waals surface area contributed by atoms with E-state index in [1.165, 1.54) is 0 Å². The highest BCUT2D eigenvalue weighted by atomic mass is 28.3. The van der Waals surface area contributed by atoms with E-state index < -0.39 is 8.07 Å². The molecule has 0 aliphatic rings. The van der Waals surface area contributed by atoms with Crippen LogP contribution in [0.3, 0.4) is 0 Å². The Bertz CT molecular complexity index is 2560. The highest BCUT2D eigenvalue weighted by molar-refractivity contribution is 7.20. The number of hydrogen-bond donors (Lipinski definition) is 0. The van der Waals surface area contributed by atoms with Gasteiger partial charge in [0.25, 0.3) is 0 Å². The molecule has 7 aromatic carbocycles. The molecule has 0 saturated carbocycles. The van der Waals surface area contributed by atoms with E-state index in [9.17, 15) is 15.8 Å². The molecule has 0 aliphatic heterocycles. The number of aromatic nitrogens is 1. The molecule has 0 spiro atoms. The van der Waals surface area contributed by atoms with Crippen molar-refractivity contribution in [1.82, 2.24) is 4.57 Å². The molecule has 8 rings (SSSR count). The molecule has 50 heavy (non-hydrogen) atoms. The smallest absolute Gasteiger partial charge is 0.181 e. The SMILES string of the molecule is N#Cc1cc(-c2ccc(-n3c4ccccc4c4cc(C#N)ccc43)cc2)c(C#N)c([Si](c2ccccc2)(c2ccccc2)c2ccccc2)c1. The van der Waals surface area contributed by atoms with E-state index in [1.807, 2.05) is 72.8 Å². The van der Waals surface area contributed by atoms with Crippen LogP contribution in [-0.4, -0.2) is 12.6 Å². The van der Waals surface area contributed by atoms with Gasteiger partial charge in [0.05, 0.1) is 45.9 Å². The molecular formula is C45H28N4Si. The van der Waals surface area contributed by atoms with Gasteiger partial charge in [-0.3, -0.25) is 0 Å². The summed E-state index contributed by atoms with van der Waals surface area (Å²) in [6.45, 7) is 0. The van der Waals surface area contributed by atoms with Gasteiger partial charge in [0.15, 0.2) is 8.07 Å². The number of rotatable bonds is 6. The lowest BCUT2D eigenvalue weighted by atomic mass is 9.97. The van der Waals surface area contributed by atoms with Crippen molar-refractivity contribution in [1.29, 1.82) is 15.8 Å². The van der Waals surface area contributed by atoms with Crippen molar-refractivity contribution in [2.24, 2.45) is 0 Å². The summed E-state index contributed by atoms with van der Waals surface area (Å²) in [6, 6.07) is 64.7. The summed E-state index contributed by atoms with van der Waals surface area (Å²) in [6.07, 6.45) is 0. The minimum Gasteiger partial charge on any atom is -0.309 e. The fourth-order valence-corrected chi connectivity index (χ4v) is 12.4. The largest absolute Gasteiger partial charge is 0.309 e. The molecular weight excluding hydrogens is 625 g/mol. The van der Waals surface area contributed by atoms with Crippen LogP contribution in [0.25, 0.3) is 38.6 Å². The quantitative estimate of drug-likeness (QED) is 0.138. The molecule has 1 heterocycles. The van der Waals surface area contributed by atoms with Gasteiger partial charge < -0.3 is 4.57 Å². The van der Waals surface area contributed by atoms with Gasteiger partial charge in [-0.2, -0.15) is 15.8 Å². The van der Waals surface area contributed by atoms with Crippen molar-refractivity contribution in [3.05, 3.63) is 187 Å². The zero-order valence-corrected chi connectivity index (χ0v) is 28.0. The molecule has 5 heteroatoms. The summed E-state index contributed by atoms with van der Waals surface area (Å²) in [5.41, 5.74) is 6.29. The van der Waals surface area contributed by atoms with Crippen LogP contribution in [0.1, 0.15) is 16.7 Å². The molecule has 4 nitrogen and oxygen atoms in total. The number of para-hydroxylation sites is 1. The molecule has 0 aliphatic carbocycles. The summed E-state index contributed by atoms with van der Waals surface area (Å²) in [4.78, 5) is 0. The first-order valence-electron chi connectivity index (χ1n) is 16.4. The van der Waals surface area contributed by atoms with Gasteiger partial charge in [-0.05, 0) is 74.8 Å². The highest BCUT2D eigenvalue weighted by Crippen LogP contribution is 2.34. The number of fused-ring (bicyclic) bond motifs is 3. The molecule has 0 saturated heterocycles. The maximum absolute atomic E-state index is 11.1. The standard InChI is InChI=1S/C45H28N4Si/c46-29-32-20-25-44-41(26-32)39-18-10-11-19-43(39)49(44)35-23-21-34(22-24-35)40-27-33(30-47)28-45(42(40)31-48)50(36-12-4-1-5-13-36,37-14-6-2-7-15-37)38-16-8-3-9-17-38/h1-28H. The first-order valence-corrected chi connectivity index (χ1v) is 18.4. The summed E-state index contributed by atoms with van der Waals surface area (Å²) in [5, 5.41) is 37.5. The van der Waals surface area contributed by atoms with Gasteiger partial charge in [0, 0.05) is 22.0 Å². The van der Waals surface area contributed by atoms with Crippen LogP contribution in [0.4, 0.5) is 0 Å². The Morgan fingerprint density at radius 1 is 0.440 bits per heavy atom.